The van der Waals surface area contributed by atoms with Gasteiger partial charge in [-0.1, -0.05) is 54.6 Å². The average molecular weight is 342 g/mol. The summed E-state index contributed by atoms with van der Waals surface area (Å²) in [4.78, 5) is 36.7. The van der Waals surface area contributed by atoms with Gasteiger partial charge >= 0.3 is 5.97 Å². The molecule has 0 unspecified atom stereocenters. The third kappa shape index (κ3) is 2.71. The summed E-state index contributed by atoms with van der Waals surface area (Å²) >= 11 is 0. The molecule has 0 atom stereocenters. The van der Waals surface area contributed by atoms with Crippen LogP contribution in [0.15, 0.2) is 72.8 Å². The van der Waals surface area contributed by atoms with Crippen LogP contribution in [0, 0.1) is 0 Å². The maximum absolute atomic E-state index is 12.4. The lowest BCUT2D eigenvalue weighted by atomic mass is 10.0. The Morgan fingerprint density at radius 1 is 0.692 bits per heavy atom. The van der Waals surface area contributed by atoms with Crippen LogP contribution >= 0.6 is 0 Å². The zero-order valence-corrected chi connectivity index (χ0v) is 13.8. The van der Waals surface area contributed by atoms with Gasteiger partial charge in [-0.15, -0.1) is 0 Å². The number of ketones is 2. The molecule has 0 bridgehead atoms. The minimum absolute atomic E-state index is 0.0465. The molecule has 0 radical (unpaired) electrons. The quantitative estimate of drug-likeness (QED) is 0.416. The van der Waals surface area contributed by atoms with E-state index < -0.39 is 5.97 Å². The first-order chi connectivity index (χ1) is 12.6. The highest BCUT2D eigenvalue weighted by molar-refractivity contribution is 6.22. The summed E-state index contributed by atoms with van der Waals surface area (Å²) in [5.41, 5.74) is 3.54. The molecular weight excluding hydrogens is 328 g/mol. The number of hydrogen-bond acceptors (Lipinski definition) is 4. The molecule has 1 aliphatic rings. The zero-order valence-electron chi connectivity index (χ0n) is 13.8. The SMILES string of the molecule is O=C(COC(=O)c1ccc2c(c1)-c1ccccc1C2=O)c1ccccc1. The third-order valence-corrected chi connectivity index (χ3v) is 4.39. The highest BCUT2D eigenvalue weighted by atomic mass is 16.5. The smallest absolute Gasteiger partial charge is 0.338 e. The monoisotopic (exact) mass is 342 g/mol. The predicted molar refractivity (Wildman–Crippen MR) is 96.4 cm³/mol. The highest BCUT2D eigenvalue weighted by Crippen LogP contribution is 2.36. The van der Waals surface area contributed by atoms with Crippen molar-refractivity contribution in [3.8, 4) is 11.1 Å². The van der Waals surface area contributed by atoms with Crippen LogP contribution < -0.4 is 0 Å². The van der Waals surface area contributed by atoms with Gasteiger partial charge in [0.1, 0.15) is 0 Å². The maximum Gasteiger partial charge on any atom is 0.338 e. The second-order valence-corrected chi connectivity index (χ2v) is 6.00. The van der Waals surface area contributed by atoms with Gasteiger partial charge < -0.3 is 4.74 Å². The van der Waals surface area contributed by atoms with Gasteiger partial charge in [0.25, 0.3) is 0 Å². The van der Waals surface area contributed by atoms with Gasteiger partial charge in [0.05, 0.1) is 5.56 Å². The summed E-state index contributed by atoms with van der Waals surface area (Å²) < 4.78 is 5.15. The van der Waals surface area contributed by atoms with E-state index in [9.17, 15) is 14.4 Å². The number of hydrogen-bond donors (Lipinski definition) is 0. The number of carbonyl (C=O) groups is 3. The van der Waals surface area contributed by atoms with Crippen molar-refractivity contribution in [3.05, 3.63) is 95.1 Å². The number of benzene rings is 3. The van der Waals surface area contributed by atoms with Crippen LogP contribution in [0.1, 0.15) is 36.6 Å². The minimum Gasteiger partial charge on any atom is -0.454 e. The molecule has 0 aromatic heterocycles. The second-order valence-electron chi connectivity index (χ2n) is 6.00. The van der Waals surface area contributed by atoms with Crippen molar-refractivity contribution in [1.29, 1.82) is 0 Å². The van der Waals surface area contributed by atoms with Crippen LogP contribution in [0.4, 0.5) is 0 Å². The van der Waals surface area contributed by atoms with E-state index >= 15 is 0 Å². The Kier molecular flexibility index (Phi) is 3.93. The van der Waals surface area contributed by atoms with Crippen molar-refractivity contribution < 1.29 is 19.1 Å². The van der Waals surface area contributed by atoms with Crippen molar-refractivity contribution in [2.24, 2.45) is 0 Å². The molecule has 3 aromatic rings. The number of esters is 1. The molecule has 0 N–H and O–H groups in total. The van der Waals surface area contributed by atoms with Gasteiger partial charge in [0.15, 0.2) is 18.2 Å². The Morgan fingerprint density at radius 2 is 1.35 bits per heavy atom. The van der Waals surface area contributed by atoms with E-state index in [0.29, 0.717) is 22.3 Å². The third-order valence-electron chi connectivity index (χ3n) is 4.39. The van der Waals surface area contributed by atoms with E-state index in [2.05, 4.69) is 0 Å². The molecule has 1 aliphatic carbocycles. The van der Waals surface area contributed by atoms with Gasteiger partial charge in [-0.3, -0.25) is 9.59 Å². The Bertz CT molecular complexity index is 1040. The van der Waals surface area contributed by atoms with Crippen LogP contribution in [-0.2, 0) is 4.74 Å². The standard InChI is InChI=1S/C22H14O4/c23-20(14-6-2-1-3-7-14)13-26-22(25)15-10-11-18-19(12-15)16-8-4-5-9-17(16)21(18)24/h1-12H,13H2. The average Bonchev–Trinajstić information content (AvgIpc) is 2.99. The molecule has 4 heteroatoms. The zero-order chi connectivity index (χ0) is 18.1. The van der Waals surface area contributed by atoms with Gasteiger partial charge in [-0.2, -0.15) is 0 Å². The predicted octanol–water partition coefficient (Wildman–Crippen LogP) is 3.94. The summed E-state index contributed by atoms with van der Waals surface area (Å²) in [6, 6.07) is 20.8. The second kappa shape index (κ2) is 6.41. The Hall–Kier alpha value is -3.53. The summed E-state index contributed by atoms with van der Waals surface area (Å²) in [7, 11) is 0. The summed E-state index contributed by atoms with van der Waals surface area (Å²) in [5.74, 6) is -0.899. The first-order valence-electron chi connectivity index (χ1n) is 8.18. The number of ether oxygens (including phenoxy) is 1. The molecule has 4 nitrogen and oxygen atoms in total. The van der Waals surface area contributed by atoms with Gasteiger partial charge in [-0.05, 0) is 29.3 Å². The number of rotatable bonds is 4. The van der Waals surface area contributed by atoms with E-state index in [1.807, 2.05) is 24.3 Å². The lowest BCUT2D eigenvalue weighted by Crippen LogP contribution is -2.14. The number of carbonyl (C=O) groups excluding carboxylic acids is 3. The molecule has 0 aliphatic heterocycles. The van der Waals surface area contributed by atoms with Crippen molar-refractivity contribution in [2.75, 3.05) is 6.61 Å². The molecule has 0 heterocycles. The molecule has 0 amide bonds. The van der Waals surface area contributed by atoms with Crippen molar-refractivity contribution in [3.63, 3.8) is 0 Å². The highest BCUT2D eigenvalue weighted by Gasteiger charge is 2.27. The Balaban J connectivity index is 1.54. The van der Waals surface area contributed by atoms with E-state index in [0.717, 1.165) is 11.1 Å². The molecule has 26 heavy (non-hydrogen) atoms. The van der Waals surface area contributed by atoms with E-state index in [-0.39, 0.29) is 18.2 Å². The Labute approximate surface area is 150 Å². The first-order valence-corrected chi connectivity index (χ1v) is 8.18. The summed E-state index contributed by atoms with van der Waals surface area (Å²) in [6.45, 7) is -0.324. The number of Topliss-reactive ketones (excluding diaryl/α,β-unsaturated/α-hetero) is 1. The van der Waals surface area contributed by atoms with Gasteiger partial charge in [0, 0.05) is 16.7 Å². The molecule has 0 saturated heterocycles. The fourth-order valence-corrected chi connectivity index (χ4v) is 3.07. The number of fused-ring (bicyclic) bond motifs is 3. The molecule has 126 valence electrons. The van der Waals surface area contributed by atoms with E-state index in [1.165, 1.54) is 0 Å². The molecule has 0 fully saturated rings. The minimum atomic E-state index is -0.589. The molecular formula is C22H14O4. The maximum atomic E-state index is 12.4. The molecule has 4 rings (SSSR count). The fourth-order valence-electron chi connectivity index (χ4n) is 3.07. The van der Waals surface area contributed by atoms with E-state index in [4.69, 9.17) is 4.74 Å². The van der Waals surface area contributed by atoms with Crippen LogP contribution in [0.25, 0.3) is 11.1 Å². The summed E-state index contributed by atoms with van der Waals surface area (Å²) in [5, 5.41) is 0. The lowest BCUT2D eigenvalue weighted by Gasteiger charge is -2.06. The molecule has 3 aromatic carbocycles. The molecule has 0 spiro atoms. The topological polar surface area (TPSA) is 60.4 Å². The Morgan fingerprint density at radius 3 is 2.12 bits per heavy atom. The largest absolute Gasteiger partial charge is 0.454 e. The lowest BCUT2D eigenvalue weighted by molar-refractivity contribution is 0.0474. The molecule has 0 saturated carbocycles. The van der Waals surface area contributed by atoms with Crippen molar-refractivity contribution in [2.45, 2.75) is 0 Å². The van der Waals surface area contributed by atoms with Gasteiger partial charge in [-0.25, -0.2) is 4.79 Å². The van der Waals surface area contributed by atoms with Crippen molar-refractivity contribution >= 4 is 17.5 Å². The van der Waals surface area contributed by atoms with Crippen LogP contribution in [0.2, 0.25) is 0 Å². The van der Waals surface area contributed by atoms with Crippen LogP contribution in [-0.4, -0.2) is 24.1 Å². The first kappa shape index (κ1) is 16.0. The fraction of sp³-hybridized carbons (Fsp3) is 0.0455. The van der Waals surface area contributed by atoms with Crippen molar-refractivity contribution in [1.82, 2.24) is 0 Å². The van der Waals surface area contributed by atoms with Crippen LogP contribution in [0.5, 0.6) is 0 Å². The summed E-state index contributed by atoms with van der Waals surface area (Å²) in [6.07, 6.45) is 0. The van der Waals surface area contributed by atoms with Gasteiger partial charge in [0.2, 0.25) is 0 Å². The van der Waals surface area contributed by atoms with E-state index in [1.54, 1.807) is 48.5 Å². The van der Waals surface area contributed by atoms with Crippen LogP contribution in [0.3, 0.4) is 0 Å². The normalized spacial score (nSPS) is 11.6.